The normalized spacial score (nSPS) is 10.6. The number of carbonyl (C=O) groups is 1. The van der Waals surface area contributed by atoms with E-state index < -0.39 is 0 Å². The molecule has 2 N–H and O–H groups in total. The summed E-state index contributed by atoms with van der Waals surface area (Å²) in [4.78, 5) is 16.3. The Hall–Kier alpha value is -2.87. The third-order valence-corrected chi connectivity index (χ3v) is 4.66. The number of H-pyrrole nitrogens is 1. The quantitative estimate of drug-likeness (QED) is 0.582. The number of thioether (sulfide) groups is 1. The van der Waals surface area contributed by atoms with Gasteiger partial charge in [0.2, 0.25) is 11.1 Å². The second-order valence-corrected chi connectivity index (χ2v) is 6.65. The van der Waals surface area contributed by atoms with Gasteiger partial charge in [0.05, 0.1) is 12.9 Å². The molecule has 0 spiro atoms. The molecule has 0 bridgehead atoms. The fourth-order valence-corrected chi connectivity index (χ4v) is 3.00. The molecule has 0 fully saturated rings. The van der Waals surface area contributed by atoms with E-state index in [1.54, 1.807) is 19.2 Å². The third kappa shape index (κ3) is 5.55. The summed E-state index contributed by atoms with van der Waals surface area (Å²) in [6.07, 6.45) is 0.652. The van der Waals surface area contributed by atoms with Crippen molar-refractivity contribution < 1.29 is 13.9 Å². The highest BCUT2D eigenvalue weighted by atomic mass is 32.2. The molecule has 27 heavy (non-hydrogen) atoms. The van der Waals surface area contributed by atoms with Gasteiger partial charge in [0, 0.05) is 12.1 Å². The Morgan fingerprint density at radius 3 is 2.63 bits per heavy atom. The average Bonchev–Trinajstić information content (AvgIpc) is 3.17. The van der Waals surface area contributed by atoms with Crippen LogP contribution in [0.4, 0.5) is 4.39 Å². The summed E-state index contributed by atoms with van der Waals surface area (Å²) in [7, 11) is 1.61. The van der Waals surface area contributed by atoms with E-state index in [4.69, 9.17) is 4.74 Å². The van der Waals surface area contributed by atoms with Gasteiger partial charge in [-0.2, -0.15) is 0 Å². The van der Waals surface area contributed by atoms with E-state index in [-0.39, 0.29) is 17.5 Å². The maximum atomic E-state index is 12.9. The first-order chi connectivity index (χ1) is 13.1. The number of nitrogens with zero attached hydrogens (tertiary/aromatic N) is 2. The number of ether oxygens (including phenoxy) is 1. The van der Waals surface area contributed by atoms with Crippen molar-refractivity contribution in [3.63, 3.8) is 0 Å². The minimum Gasteiger partial charge on any atom is -0.497 e. The van der Waals surface area contributed by atoms with Crippen LogP contribution in [-0.2, 0) is 11.2 Å². The largest absolute Gasteiger partial charge is 0.497 e. The molecule has 1 heterocycles. The number of carbonyl (C=O) groups excluding carboxylic acids is 1. The fourth-order valence-electron chi connectivity index (χ4n) is 2.37. The zero-order valence-electron chi connectivity index (χ0n) is 14.7. The van der Waals surface area contributed by atoms with Crippen LogP contribution in [0, 0.1) is 5.82 Å². The fraction of sp³-hybridized carbons (Fsp3) is 0.211. The Morgan fingerprint density at radius 2 is 1.93 bits per heavy atom. The molecule has 0 atom stereocenters. The van der Waals surface area contributed by atoms with Crippen LogP contribution in [0.3, 0.4) is 0 Å². The number of methoxy groups -OCH3 is 1. The Balaban J connectivity index is 1.43. The number of aromatic amines is 1. The molecule has 0 saturated heterocycles. The van der Waals surface area contributed by atoms with Crippen LogP contribution in [0.15, 0.2) is 53.7 Å². The van der Waals surface area contributed by atoms with Crippen LogP contribution >= 0.6 is 11.8 Å². The zero-order valence-corrected chi connectivity index (χ0v) is 15.6. The number of aromatic nitrogens is 3. The van der Waals surface area contributed by atoms with Gasteiger partial charge in [-0.15, -0.1) is 5.10 Å². The molecule has 1 aromatic heterocycles. The number of amides is 1. The van der Waals surface area contributed by atoms with Crippen molar-refractivity contribution in [1.29, 1.82) is 0 Å². The standard InChI is InChI=1S/C19H19FN4O2S/c1-26-16-8-4-14(5-9-16)18-22-19(24-23-18)27-12-17(25)21-11-10-13-2-6-15(20)7-3-13/h2-9H,10-12H2,1H3,(H,21,25)(H,22,23,24). The van der Waals surface area contributed by atoms with E-state index >= 15 is 0 Å². The maximum absolute atomic E-state index is 12.9. The zero-order chi connectivity index (χ0) is 19.1. The van der Waals surface area contributed by atoms with E-state index in [9.17, 15) is 9.18 Å². The number of hydrogen-bond donors (Lipinski definition) is 2. The molecule has 0 aliphatic heterocycles. The first kappa shape index (κ1) is 18.9. The van der Waals surface area contributed by atoms with Crippen LogP contribution in [0.1, 0.15) is 5.56 Å². The van der Waals surface area contributed by atoms with Crippen molar-refractivity contribution in [2.24, 2.45) is 0 Å². The number of benzene rings is 2. The molecule has 3 rings (SSSR count). The van der Waals surface area contributed by atoms with Gasteiger partial charge < -0.3 is 10.1 Å². The maximum Gasteiger partial charge on any atom is 0.230 e. The van der Waals surface area contributed by atoms with Gasteiger partial charge in [-0.05, 0) is 48.4 Å². The predicted octanol–water partition coefficient (Wildman–Crippen LogP) is 3.07. The van der Waals surface area contributed by atoms with Crippen LogP contribution < -0.4 is 10.1 Å². The lowest BCUT2D eigenvalue weighted by molar-refractivity contribution is -0.118. The second-order valence-electron chi connectivity index (χ2n) is 5.71. The van der Waals surface area contributed by atoms with Gasteiger partial charge in [-0.25, -0.2) is 9.37 Å². The van der Waals surface area contributed by atoms with Crippen LogP contribution in [0.2, 0.25) is 0 Å². The predicted molar refractivity (Wildman–Crippen MR) is 102 cm³/mol. The highest BCUT2D eigenvalue weighted by Crippen LogP contribution is 2.21. The molecule has 8 heteroatoms. The molecule has 140 valence electrons. The van der Waals surface area contributed by atoms with Crippen molar-refractivity contribution in [2.75, 3.05) is 19.4 Å². The van der Waals surface area contributed by atoms with Crippen molar-refractivity contribution in [3.8, 4) is 17.1 Å². The highest BCUT2D eigenvalue weighted by molar-refractivity contribution is 7.99. The summed E-state index contributed by atoms with van der Waals surface area (Å²) < 4.78 is 18.0. The summed E-state index contributed by atoms with van der Waals surface area (Å²) in [5, 5.41) is 10.3. The monoisotopic (exact) mass is 386 g/mol. The molecule has 0 radical (unpaired) electrons. The third-order valence-electron chi connectivity index (χ3n) is 3.81. The molecule has 1 amide bonds. The van der Waals surface area contributed by atoms with Crippen molar-refractivity contribution in [2.45, 2.75) is 11.6 Å². The Bertz CT molecular complexity index is 881. The van der Waals surface area contributed by atoms with E-state index in [1.165, 1.54) is 23.9 Å². The number of hydrogen-bond acceptors (Lipinski definition) is 5. The molecular weight excluding hydrogens is 367 g/mol. The van der Waals surface area contributed by atoms with E-state index in [0.717, 1.165) is 16.9 Å². The first-order valence-corrected chi connectivity index (χ1v) is 9.33. The summed E-state index contributed by atoms with van der Waals surface area (Å²) >= 11 is 1.26. The van der Waals surface area contributed by atoms with Crippen LogP contribution in [0.5, 0.6) is 5.75 Å². The van der Waals surface area contributed by atoms with E-state index in [1.807, 2.05) is 24.3 Å². The Morgan fingerprint density at radius 1 is 1.19 bits per heavy atom. The molecule has 2 aromatic carbocycles. The lowest BCUT2D eigenvalue weighted by Gasteiger charge is -2.04. The van der Waals surface area contributed by atoms with Crippen molar-refractivity contribution in [3.05, 3.63) is 59.9 Å². The van der Waals surface area contributed by atoms with Gasteiger partial charge in [0.1, 0.15) is 11.6 Å². The van der Waals surface area contributed by atoms with Gasteiger partial charge >= 0.3 is 0 Å². The molecule has 0 aliphatic rings. The minimum absolute atomic E-state index is 0.0992. The molecule has 6 nitrogen and oxygen atoms in total. The molecule has 0 saturated carbocycles. The topological polar surface area (TPSA) is 79.9 Å². The molecular formula is C19H19FN4O2S. The first-order valence-electron chi connectivity index (χ1n) is 8.35. The lowest BCUT2D eigenvalue weighted by atomic mass is 10.1. The van der Waals surface area contributed by atoms with Crippen LogP contribution in [0.25, 0.3) is 11.4 Å². The number of halogens is 1. The van der Waals surface area contributed by atoms with Crippen LogP contribution in [-0.4, -0.2) is 40.5 Å². The molecule has 0 aliphatic carbocycles. The van der Waals surface area contributed by atoms with Crippen molar-refractivity contribution in [1.82, 2.24) is 20.5 Å². The average molecular weight is 386 g/mol. The SMILES string of the molecule is COc1ccc(-c2nc(SCC(=O)NCCc3ccc(F)cc3)n[nH]2)cc1. The Labute approximate surface area is 160 Å². The van der Waals surface area contributed by atoms with E-state index in [2.05, 4.69) is 20.5 Å². The van der Waals surface area contributed by atoms with Gasteiger partial charge in [0.25, 0.3) is 0 Å². The second kappa shape index (κ2) is 9.18. The molecule has 0 unspecified atom stereocenters. The molecule has 3 aromatic rings. The van der Waals surface area contributed by atoms with Gasteiger partial charge in [0.15, 0.2) is 5.82 Å². The summed E-state index contributed by atoms with van der Waals surface area (Å²) in [6, 6.07) is 13.7. The number of nitrogens with one attached hydrogen (secondary N) is 2. The van der Waals surface area contributed by atoms with E-state index in [0.29, 0.717) is 23.9 Å². The Kier molecular flexibility index (Phi) is 6.43. The summed E-state index contributed by atoms with van der Waals surface area (Å²) in [5.74, 6) is 1.27. The van der Waals surface area contributed by atoms with Gasteiger partial charge in [-0.3, -0.25) is 9.89 Å². The highest BCUT2D eigenvalue weighted by Gasteiger charge is 2.09. The minimum atomic E-state index is -0.264. The summed E-state index contributed by atoms with van der Waals surface area (Å²) in [6.45, 7) is 0.496. The van der Waals surface area contributed by atoms with Gasteiger partial charge in [-0.1, -0.05) is 23.9 Å². The lowest BCUT2D eigenvalue weighted by Crippen LogP contribution is -2.27. The smallest absolute Gasteiger partial charge is 0.230 e. The van der Waals surface area contributed by atoms with Crippen molar-refractivity contribution >= 4 is 17.7 Å². The number of rotatable bonds is 8. The summed E-state index contributed by atoms with van der Waals surface area (Å²) in [5.41, 5.74) is 1.86.